The molecule has 0 spiro atoms. The van der Waals surface area contributed by atoms with Gasteiger partial charge in [0.1, 0.15) is 5.58 Å². The first kappa shape index (κ1) is 11.7. The van der Waals surface area contributed by atoms with Crippen molar-refractivity contribution in [3.63, 3.8) is 0 Å². The average Bonchev–Trinajstić information content (AvgIpc) is 2.78. The van der Waals surface area contributed by atoms with Gasteiger partial charge in [-0.05, 0) is 36.9 Å². The lowest BCUT2D eigenvalue weighted by Gasteiger charge is -2.05. The van der Waals surface area contributed by atoms with Crippen LogP contribution in [0.25, 0.3) is 31.8 Å². The number of aryl methyl sites for hydroxylation is 2. The van der Waals surface area contributed by atoms with Gasteiger partial charge in [-0.15, -0.1) is 11.3 Å². The molecule has 0 bridgehead atoms. The molecular formula is C17H12O2S. The minimum absolute atomic E-state index is 0.287. The number of hydrogen-bond donors (Lipinski definition) is 0. The zero-order valence-electron chi connectivity index (χ0n) is 11.2. The summed E-state index contributed by atoms with van der Waals surface area (Å²) in [4.78, 5) is 12.9. The SMILES string of the molecule is Cc1cc2ccc3c(ccc4c(C)cc(=O)oc43)c2s1. The van der Waals surface area contributed by atoms with Crippen molar-refractivity contribution in [1.29, 1.82) is 0 Å². The summed E-state index contributed by atoms with van der Waals surface area (Å²) in [7, 11) is 0. The highest BCUT2D eigenvalue weighted by molar-refractivity contribution is 7.20. The van der Waals surface area contributed by atoms with Crippen LogP contribution in [0.1, 0.15) is 10.4 Å². The molecule has 0 atom stereocenters. The van der Waals surface area contributed by atoms with Gasteiger partial charge in [-0.25, -0.2) is 4.79 Å². The van der Waals surface area contributed by atoms with E-state index in [-0.39, 0.29) is 5.63 Å². The number of rotatable bonds is 0. The normalized spacial score (nSPS) is 11.7. The van der Waals surface area contributed by atoms with Gasteiger partial charge in [-0.3, -0.25) is 0 Å². The second-order valence-corrected chi connectivity index (χ2v) is 6.38. The van der Waals surface area contributed by atoms with Crippen LogP contribution in [0.2, 0.25) is 0 Å². The Morgan fingerprint density at radius 2 is 1.70 bits per heavy atom. The molecule has 0 unspecified atom stereocenters. The summed E-state index contributed by atoms with van der Waals surface area (Å²) in [6, 6.07) is 12.1. The van der Waals surface area contributed by atoms with E-state index in [0.29, 0.717) is 5.58 Å². The second-order valence-electron chi connectivity index (χ2n) is 5.13. The maximum atomic E-state index is 11.7. The molecule has 2 aromatic heterocycles. The fourth-order valence-electron chi connectivity index (χ4n) is 2.81. The molecule has 98 valence electrons. The van der Waals surface area contributed by atoms with E-state index in [4.69, 9.17) is 4.42 Å². The van der Waals surface area contributed by atoms with Gasteiger partial charge in [-0.2, -0.15) is 0 Å². The average molecular weight is 280 g/mol. The fourth-order valence-corrected chi connectivity index (χ4v) is 3.85. The van der Waals surface area contributed by atoms with E-state index in [1.165, 1.54) is 15.0 Å². The predicted octanol–water partition coefficient (Wildman–Crippen LogP) is 4.78. The Balaban J connectivity index is 2.31. The third-order valence-electron chi connectivity index (χ3n) is 3.72. The lowest BCUT2D eigenvalue weighted by molar-refractivity contribution is 0.563. The molecule has 0 aliphatic heterocycles. The van der Waals surface area contributed by atoms with E-state index in [1.807, 2.05) is 13.0 Å². The van der Waals surface area contributed by atoms with Crippen LogP contribution in [0.15, 0.2) is 45.6 Å². The van der Waals surface area contributed by atoms with Crippen molar-refractivity contribution >= 4 is 43.2 Å². The molecule has 0 saturated heterocycles. The Morgan fingerprint density at radius 3 is 2.55 bits per heavy atom. The van der Waals surface area contributed by atoms with Crippen molar-refractivity contribution in [1.82, 2.24) is 0 Å². The van der Waals surface area contributed by atoms with E-state index in [0.717, 1.165) is 21.7 Å². The molecule has 4 aromatic rings. The van der Waals surface area contributed by atoms with E-state index < -0.39 is 0 Å². The molecule has 2 aromatic carbocycles. The van der Waals surface area contributed by atoms with Crippen LogP contribution in [0, 0.1) is 13.8 Å². The largest absolute Gasteiger partial charge is 0.422 e. The summed E-state index contributed by atoms with van der Waals surface area (Å²) in [5, 5.41) is 4.42. The van der Waals surface area contributed by atoms with Crippen LogP contribution in [0.3, 0.4) is 0 Å². The van der Waals surface area contributed by atoms with Crippen LogP contribution in [-0.2, 0) is 0 Å². The molecule has 20 heavy (non-hydrogen) atoms. The Morgan fingerprint density at radius 1 is 0.950 bits per heavy atom. The van der Waals surface area contributed by atoms with Gasteiger partial charge < -0.3 is 4.42 Å². The Hall–Kier alpha value is -2.13. The zero-order chi connectivity index (χ0) is 13.9. The fraction of sp³-hybridized carbons (Fsp3) is 0.118. The first-order valence-electron chi connectivity index (χ1n) is 6.50. The maximum absolute atomic E-state index is 11.7. The van der Waals surface area contributed by atoms with Crippen molar-refractivity contribution in [2.24, 2.45) is 0 Å². The van der Waals surface area contributed by atoms with E-state index in [1.54, 1.807) is 17.4 Å². The van der Waals surface area contributed by atoms with Crippen LogP contribution in [-0.4, -0.2) is 0 Å². The minimum atomic E-state index is -0.287. The summed E-state index contributed by atoms with van der Waals surface area (Å²) in [6.07, 6.45) is 0. The van der Waals surface area contributed by atoms with Crippen LogP contribution in [0.4, 0.5) is 0 Å². The van der Waals surface area contributed by atoms with Crippen molar-refractivity contribution in [3.05, 3.63) is 57.3 Å². The summed E-state index contributed by atoms with van der Waals surface area (Å²) in [6.45, 7) is 4.06. The smallest absolute Gasteiger partial charge is 0.336 e. The monoisotopic (exact) mass is 280 g/mol. The van der Waals surface area contributed by atoms with Crippen molar-refractivity contribution in [3.8, 4) is 0 Å². The van der Waals surface area contributed by atoms with Gasteiger partial charge in [0.05, 0.1) is 0 Å². The predicted molar refractivity (Wildman–Crippen MR) is 84.8 cm³/mol. The van der Waals surface area contributed by atoms with Gasteiger partial charge in [0.2, 0.25) is 0 Å². The minimum Gasteiger partial charge on any atom is -0.422 e. The molecule has 4 rings (SSSR count). The highest BCUT2D eigenvalue weighted by atomic mass is 32.1. The van der Waals surface area contributed by atoms with Crippen LogP contribution in [0.5, 0.6) is 0 Å². The molecule has 0 amide bonds. The first-order chi connectivity index (χ1) is 9.63. The summed E-state index contributed by atoms with van der Waals surface area (Å²) >= 11 is 1.78. The van der Waals surface area contributed by atoms with Crippen LogP contribution >= 0.6 is 11.3 Å². The van der Waals surface area contributed by atoms with Crippen molar-refractivity contribution in [2.45, 2.75) is 13.8 Å². The second kappa shape index (κ2) is 3.93. The Kier molecular flexibility index (Phi) is 2.30. The third kappa shape index (κ3) is 1.53. The molecule has 0 N–H and O–H groups in total. The van der Waals surface area contributed by atoms with E-state index >= 15 is 0 Å². The first-order valence-corrected chi connectivity index (χ1v) is 7.31. The highest BCUT2D eigenvalue weighted by Gasteiger charge is 2.10. The molecular weight excluding hydrogens is 268 g/mol. The molecule has 0 radical (unpaired) electrons. The molecule has 0 aliphatic rings. The topological polar surface area (TPSA) is 30.2 Å². The van der Waals surface area contributed by atoms with Crippen LogP contribution < -0.4 is 5.63 Å². The molecule has 2 heterocycles. The molecule has 0 aliphatic carbocycles. The van der Waals surface area contributed by atoms with E-state index in [9.17, 15) is 4.79 Å². The highest BCUT2D eigenvalue weighted by Crippen LogP contribution is 2.35. The number of hydrogen-bond acceptors (Lipinski definition) is 3. The van der Waals surface area contributed by atoms with Gasteiger partial charge in [-0.1, -0.05) is 18.2 Å². The zero-order valence-corrected chi connectivity index (χ0v) is 12.0. The van der Waals surface area contributed by atoms with Crippen molar-refractivity contribution < 1.29 is 4.42 Å². The summed E-state index contributed by atoms with van der Waals surface area (Å²) in [5.74, 6) is 0. The van der Waals surface area contributed by atoms with Gasteiger partial charge in [0, 0.05) is 31.8 Å². The van der Waals surface area contributed by atoms with Crippen molar-refractivity contribution in [2.75, 3.05) is 0 Å². The van der Waals surface area contributed by atoms with Gasteiger partial charge in [0.25, 0.3) is 0 Å². The summed E-state index contributed by atoms with van der Waals surface area (Å²) in [5.41, 5.74) is 1.37. The lowest BCUT2D eigenvalue weighted by atomic mass is 10.0. The third-order valence-corrected chi connectivity index (χ3v) is 4.82. The molecule has 3 heteroatoms. The number of fused-ring (bicyclic) bond motifs is 5. The number of thiophene rings is 1. The molecule has 2 nitrogen and oxygen atoms in total. The van der Waals surface area contributed by atoms with Gasteiger partial charge >= 0.3 is 5.63 Å². The molecule has 0 saturated carbocycles. The quantitative estimate of drug-likeness (QED) is 0.343. The Bertz CT molecular complexity index is 1040. The van der Waals surface area contributed by atoms with Gasteiger partial charge in [0.15, 0.2) is 0 Å². The lowest BCUT2D eigenvalue weighted by Crippen LogP contribution is -1.98. The summed E-state index contributed by atoms with van der Waals surface area (Å²) < 4.78 is 6.72. The standard InChI is InChI=1S/C17H12O2S/c1-9-7-15(18)19-16-12(9)5-6-14-13(16)4-3-11-8-10(2)20-17(11)14/h3-8H,1-2H3. The Labute approximate surface area is 119 Å². The van der Waals surface area contributed by atoms with E-state index in [2.05, 4.69) is 31.2 Å². The number of benzene rings is 2. The molecule has 0 fully saturated rings. The maximum Gasteiger partial charge on any atom is 0.336 e.